The summed E-state index contributed by atoms with van der Waals surface area (Å²) in [5.74, 6) is -1.82. The minimum absolute atomic E-state index is 0.00765. The maximum atomic E-state index is 13.2. The third-order valence-corrected chi connectivity index (χ3v) is 6.94. The van der Waals surface area contributed by atoms with Crippen LogP contribution >= 0.6 is 0 Å². The molecule has 0 bridgehead atoms. The normalized spacial score (nSPS) is 30.6. The summed E-state index contributed by atoms with van der Waals surface area (Å²) < 4.78 is 15.6. The summed E-state index contributed by atoms with van der Waals surface area (Å²) in [5, 5.41) is 11.0. The van der Waals surface area contributed by atoms with Crippen LogP contribution in [0.15, 0.2) is 22.8 Å². The lowest BCUT2D eigenvalue weighted by atomic mass is 9.67. The van der Waals surface area contributed by atoms with Gasteiger partial charge >= 0.3 is 17.9 Å². The van der Waals surface area contributed by atoms with Crippen molar-refractivity contribution >= 4 is 23.7 Å². The number of carbonyl (C=O) groups is 4. The molecule has 0 amide bonds. The zero-order valence-electron chi connectivity index (χ0n) is 18.7. The lowest BCUT2D eigenvalue weighted by Gasteiger charge is -2.40. The maximum Gasteiger partial charge on any atom is 0.306 e. The second-order valence-electron chi connectivity index (χ2n) is 9.17. The molecule has 3 atom stereocenters. The van der Waals surface area contributed by atoms with E-state index >= 15 is 0 Å². The van der Waals surface area contributed by atoms with Crippen molar-refractivity contribution in [3.8, 4) is 0 Å². The quantitative estimate of drug-likeness (QED) is 0.479. The zero-order valence-corrected chi connectivity index (χ0v) is 18.7. The molecule has 3 unspecified atom stereocenters. The van der Waals surface area contributed by atoms with E-state index in [4.69, 9.17) is 9.47 Å². The number of rotatable bonds is 7. The monoisotopic (exact) mass is 434 g/mol. The molecular weight excluding hydrogens is 404 g/mol. The van der Waals surface area contributed by atoms with Crippen LogP contribution in [0.1, 0.15) is 59.8 Å². The van der Waals surface area contributed by atoms with Gasteiger partial charge in [0.2, 0.25) is 0 Å². The molecule has 3 aliphatic carbocycles. The van der Waals surface area contributed by atoms with E-state index in [1.54, 1.807) is 19.9 Å². The Morgan fingerprint density at radius 1 is 1.16 bits per heavy atom. The van der Waals surface area contributed by atoms with E-state index in [0.29, 0.717) is 24.0 Å². The molecule has 8 nitrogen and oxygen atoms in total. The standard InChI is InChI=1S/C23H30O8/c1-13-18-15(19(27)22(4,28)23(13)9-10-23)11-21(3,12-30-14(2)24)20(18)31-17(26)8-6-7-16(25)29-5/h11,20,28H,6-10,12H2,1-5H3. The third-order valence-electron chi connectivity index (χ3n) is 6.94. The van der Waals surface area contributed by atoms with E-state index in [-0.39, 0.29) is 25.9 Å². The SMILES string of the molecule is COC(=O)CCCC(=O)OC1C2=C(C)C3(CC3)C(C)(O)C(=O)C2=CC1(C)COC(C)=O. The lowest BCUT2D eigenvalue weighted by Crippen LogP contribution is -2.50. The van der Waals surface area contributed by atoms with Gasteiger partial charge in [-0.25, -0.2) is 0 Å². The molecule has 3 aliphatic rings. The van der Waals surface area contributed by atoms with E-state index in [1.165, 1.54) is 14.0 Å². The molecule has 1 fully saturated rings. The Kier molecular flexibility index (Phi) is 5.90. The number of carbonyl (C=O) groups excluding carboxylic acids is 4. The summed E-state index contributed by atoms with van der Waals surface area (Å²) in [7, 11) is 1.28. The Hall–Kier alpha value is -2.48. The highest BCUT2D eigenvalue weighted by Crippen LogP contribution is 2.65. The number of ketones is 1. The molecule has 0 heterocycles. The highest BCUT2D eigenvalue weighted by molar-refractivity contribution is 6.09. The van der Waals surface area contributed by atoms with Crippen molar-refractivity contribution in [2.75, 3.05) is 13.7 Å². The molecule has 1 N–H and O–H groups in total. The summed E-state index contributed by atoms with van der Waals surface area (Å²) >= 11 is 0. The van der Waals surface area contributed by atoms with Crippen LogP contribution in [0.25, 0.3) is 0 Å². The van der Waals surface area contributed by atoms with E-state index < -0.39 is 46.2 Å². The van der Waals surface area contributed by atoms with Gasteiger partial charge in [0.25, 0.3) is 0 Å². The predicted molar refractivity (Wildman–Crippen MR) is 109 cm³/mol. The van der Waals surface area contributed by atoms with Crippen molar-refractivity contribution in [2.45, 2.75) is 71.5 Å². The Morgan fingerprint density at radius 2 is 1.77 bits per heavy atom. The average Bonchev–Trinajstić information content (AvgIpc) is 3.46. The minimum Gasteiger partial charge on any atom is -0.469 e. The van der Waals surface area contributed by atoms with Gasteiger partial charge in [0.15, 0.2) is 5.78 Å². The van der Waals surface area contributed by atoms with Crippen LogP contribution in [0.5, 0.6) is 0 Å². The third kappa shape index (κ3) is 3.82. The fourth-order valence-electron chi connectivity index (χ4n) is 4.87. The van der Waals surface area contributed by atoms with Crippen LogP contribution in [0, 0.1) is 10.8 Å². The largest absolute Gasteiger partial charge is 0.469 e. The number of ether oxygens (including phenoxy) is 3. The first-order chi connectivity index (χ1) is 14.4. The Labute approximate surface area is 181 Å². The molecule has 0 aromatic carbocycles. The number of hydrogen-bond acceptors (Lipinski definition) is 8. The Morgan fingerprint density at radius 3 is 2.32 bits per heavy atom. The van der Waals surface area contributed by atoms with E-state index in [0.717, 1.165) is 5.57 Å². The highest BCUT2D eigenvalue weighted by Gasteiger charge is 2.67. The minimum atomic E-state index is -1.53. The first kappa shape index (κ1) is 23.2. The molecule has 31 heavy (non-hydrogen) atoms. The molecule has 0 radical (unpaired) electrons. The van der Waals surface area contributed by atoms with Crippen LogP contribution in [-0.4, -0.2) is 54.2 Å². The highest BCUT2D eigenvalue weighted by atomic mass is 16.6. The maximum absolute atomic E-state index is 13.2. The number of methoxy groups -OCH3 is 1. The summed E-state index contributed by atoms with van der Waals surface area (Å²) in [6.07, 6.45) is 2.56. The van der Waals surface area contributed by atoms with Crippen molar-refractivity contribution in [1.82, 2.24) is 0 Å². The number of hydrogen-bond donors (Lipinski definition) is 1. The molecule has 8 heteroatoms. The molecule has 3 rings (SSSR count). The topological polar surface area (TPSA) is 116 Å². The van der Waals surface area contributed by atoms with E-state index in [2.05, 4.69) is 4.74 Å². The van der Waals surface area contributed by atoms with E-state index in [9.17, 15) is 24.3 Å². The Balaban J connectivity index is 1.93. The van der Waals surface area contributed by atoms with Gasteiger partial charge in [-0.1, -0.05) is 11.6 Å². The molecule has 1 spiro atoms. The molecule has 0 aromatic heterocycles. The fourth-order valence-corrected chi connectivity index (χ4v) is 4.87. The summed E-state index contributed by atoms with van der Waals surface area (Å²) in [5.41, 5.74) is -1.39. The van der Waals surface area contributed by atoms with Crippen molar-refractivity contribution in [3.63, 3.8) is 0 Å². The van der Waals surface area contributed by atoms with Crippen LogP contribution in [0.2, 0.25) is 0 Å². The molecule has 170 valence electrons. The predicted octanol–water partition coefficient (Wildman–Crippen LogP) is 2.18. The second-order valence-corrected chi connectivity index (χ2v) is 9.17. The smallest absolute Gasteiger partial charge is 0.306 e. The van der Waals surface area contributed by atoms with Crippen LogP contribution < -0.4 is 0 Å². The van der Waals surface area contributed by atoms with Gasteiger partial charge in [0, 0.05) is 36.3 Å². The van der Waals surface area contributed by atoms with Crippen molar-refractivity contribution in [3.05, 3.63) is 22.8 Å². The van der Waals surface area contributed by atoms with Crippen molar-refractivity contribution in [2.24, 2.45) is 10.8 Å². The average molecular weight is 434 g/mol. The van der Waals surface area contributed by atoms with Gasteiger partial charge in [-0.15, -0.1) is 0 Å². The van der Waals surface area contributed by atoms with Gasteiger partial charge in [0.1, 0.15) is 18.3 Å². The van der Waals surface area contributed by atoms with Gasteiger partial charge < -0.3 is 19.3 Å². The number of Topliss-reactive ketones (excluding diaryl/α,β-unsaturated/α-hetero) is 1. The molecular formula is C23H30O8. The molecule has 1 saturated carbocycles. The van der Waals surface area contributed by atoms with Crippen LogP contribution in [0.4, 0.5) is 0 Å². The van der Waals surface area contributed by atoms with Gasteiger partial charge in [0.05, 0.1) is 12.5 Å². The number of aliphatic hydroxyl groups is 1. The van der Waals surface area contributed by atoms with Crippen LogP contribution in [0.3, 0.4) is 0 Å². The summed E-state index contributed by atoms with van der Waals surface area (Å²) in [4.78, 5) is 48.6. The Bertz CT molecular complexity index is 889. The van der Waals surface area contributed by atoms with Crippen molar-refractivity contribution in [1.29, 1.82) is 0 Å². The zero-order chi connectivity index (χ0) is 23.2. The number of esters is 3. The first-order valence-electron chi connectivity index (χ1n) is 10.5. The van der Waals surface area contributed by atoms with Gasteiger partial charge in [-0.3, -0.25) is 19.2 Å². The second kappa shape index (κ2) is 7.89. The lowest BCUT2D eigenvalue weighted by molar-refractivity contribution is -0.155. The summed E-state index contributed by atoms with van der Waals surface area (Å²) in [6.45, 7) is 6.37. The molecule has 0 aliphatic heterocycles. The summed E-state index contributed by atoms with van der Waals surface area (Å²) in [6, 6.07) is 0. The number of fused-ring (bicyclic) bond motifs is 1. The molecule has 0 aromatic rings. The van der Waals surface area contributed by atoms with Crippen molar-refractivity contribution < 1.29 is 38.5 Å². The van der Waals surface area contributed by atoms with Gasteiger partial charge in [-0.2, -0.15) is 0 Å². The first-order valence-corrected chi connectivity index (χ1v) is 10.5. The van der Waals surface area contributed by atoms with Gasteiger partial charge in [-0.05, 0) is 40.0 Å². The molecule has 0 saturated heterocycles. The van der Waals surface area contributed by atoms with E-state index in [1.807, 2.05) is 6.92 Å². The fraction of sp³-hybridized carbons (Fsp3) is 0.652. The van der Waals surface area contributed by atoms with Crippen LogP contribution in [-0.2, 0) is 33.4 Å².